The number of ketones is 1. The quantitative estimate of drug-likeness (QED) is 0.399. The minimum atomic E-state index is -0.655. The summed E-state index contributed by atoms with van der Waals surface area (Å²) >= 11 is 0. The lowest BCUT2D eigenvalue weighted by Crippen LogP contribution is -2.40. The fourth-order valence-electron chi connectivity index (χ4n) is 4.81. The molecule has 2 fully saturated rings. The number of ether oxygens (including phenoxy) is 2. The number of carbonyl (C=O) groups excluding carboxylic acids is 2. The number of nitrogens with zero attached hydrogens (tertiary/aromatic N) is 1. The van der Waals surface area contributed by atoms with E-state index in [1.165, 1.54) is 7.11 Å². The molecule has 6 heteroatoms. The first-order valence-electron chi connectivity index (χ1n) is 11.2. The molecule has 1 atom stereocenters. The predicted molar refractivity (Wildman–Crippen MR) is 122 cm³/mol. The van der Waals surface area contributed by atoms with Gasteiger partial charge in [0.2, 0.25) is 0 Å². The number of rotatable bonds is 6. The summed E-state index contributed by atoms with van der Waals surface area (Å²) in [5.41, 5.74) is 1.27. The molecular formula is C26H29NO5. The summed E-state index contributed by atoms with van der Waals surface area (Å²) in [6, 6.07) is 13.7. The number of likely N-dealkylation sites (tertiary alicyclic amines) is 1. The monoisotopic (exact) mass is 435 g/mol. The second-order valence-corrected chi connectivity index (χ2v) is 8.20. The van der Waals surface area contributed by atoms with Gasteiger partial charge in [-0.15, -0.1) is 0 Å². The Kier molecular flexibility index (Phi) is 6.49. The molecule has 4 rings (SSSR count). The van der Waals surface area contributed by atoms with Gasteiger partial charge in [-0.05, 0) is 49.6 Å². The van der Waals surface area contributed by atoms with Crippen LogP contribution < -0.4 is 9.47 Å². The molecule has 6 nitrogen and oxygen atoms in total. The average molecular weight is 436 g/mol. The third-order valence-corrected chi connectivity index (χ3v) is 6.32. The van der Waals surface area contributed by atoms with Crippen LogP contribution in [0.3, 0.4) is 0 Å². The van der Waals surface area contributed by atoms with Gasteiger partial charge in [-0.1, -0.05) is 43.5 Å². The number of amides is 1. The SMILES string of the molecule is CCOc1ccc(C2/C(=C(/O)c3ccccc3OC)C(=O)C(=O)N2C2CCCCC2)cc1. The fraction of sp³-hybridized carbons (Fsp3) is 0.385. The maximum Gasteiger partial charge on any atom is 0.295 e. The van der Waals surface area contributed by atoms with Gasteiger partial charge < -0.3 is 19.5 Å². The van der Waals surface area contributed by atoms with Crippen molar-refractivity contribution in [2.45, 2.75) is 51.1 Å². The second-order valence-electron chi connectivity index (χ2n) is 8.20. The molecule has 1 saturated carbocycles. The predicted octanol–water partition coefficient (Wildman–Crippen LogP) is 4.85. The molecule has 2 aromatic rings. The first kappa shape index (κ1) is 21.9. The molecule has 32 heavy (non-hydrogen) atoms. The summed E-state index contributed by atoms with van der Waals surface area (Å²) in [6.07, 6.45) is 4.90. The molecule has 2 aromatic carbocycles. The maximum absolute atomic E-state index is 13.3. The van der Waals surface area contributed by atoms with Gasteiger partial charge >= 0.3 is 0 Å². The summed E-state index contributed by atoms with van der Waals surface area (Å²) < 4.78 is 11.0. The van der Waals surface area contributed by atoms with Crippen LogP contribution in [-0.2, 0) is 9.59 Å². The van der Waals surface area contributed by atoms with Gasteiger partial charge in [-0.3, -0.25) is 9.59 Å². The number of para-hydroxylation sites is 1. The molecular weight excluding hydrogens is 406 g/mol. The molecule has 0 radical (unpaired) electrons. The smallest absolute Gasteiger partial charge is 0.295 e. The molecule has 1 amide bonds. The summed E-state index contributed by atoms with van der Waals surface area (Å²) in [4.78, 5) is 28.2. The lowest BCUT2D eigenvalue weighted by atomic mass is 9.91. The number of hydrogen-bond acceptors (Lipinski definition) is 5. The largest absolute Gasteiger partial charge is 0.507 e. The highest BCUT2D eigenvalue weighted by atomic mass is 16.5. The molecule has 2 aliphatic rings. The second kappa shape index (κ2) is 9.47. The third-order valence-electron chi connectivity index (χ3n) is 6.32. The van der Waals surface area contributed by atoms with Crippen molar-refractivity contribution < 1.29 is 24.2 Å². The van der Waals surface area contributed by atoms with E-state index in [0.717, 1.165) is 43.4 Å². The van der Waals surface area contributed by atoms with Crippen molar-refractivity contribution in [3.63, 3.8) is 0 Å². The van der Waals surface area contributed by atoms with Crippen molar-refractivity contribution in [2.24, 2.45) is 0 Å². The number of carbonyl (C=O) groups is 2. The molecule has 1 aliphatic carbocycles. The van der Waals surface area contributed by atoms with Crippen LogP contribution in [0.15, 0.2) is 54.1 Å². The highest BCUT2D eigenvalue weighted by molar-refractivity contribution is 6.46. The van der Waals surface area contributed by atoms with E-state index >= 15 is 0 Å². The van der Waals surface area contributed by atoms with E-state index in [1.807, 2.05) is 31.2 Å². The Balaban J connectivity index is 1.86. The van der Waals surface area contributed by atoms with Gasteiger partial charge in [0.15, 0.2) is 0 Å². The Morgan fingerprint density at radius 3 is 2.38 bits per heavy atom. The lowest BCUT2D eigenvalue weighted by molar-refractivity contribution is -0.141. The Hall–Kier alpha value is -3.28. The van der Waals surface area contributed by atoms with Crippen LogP contribution in [0, 0.1) is 0 Å². The zero-order valence-electron chi connectivity index (χ0n) is 18.5. The van der Waals surface area contributed by atoms with Crippen LogP contribution in [0.5, 0.6) is 11.5 Å². The molecule has 1 aliphatic heterocycles. The summed E-state index contributed by atoms with van der Waals surface area (Å²) in [5.74, 6) is -0.252. The highest BCUT2D eigenvalue weighted by Crippen LogP contribution is 2.44. The maximum atomic E-state index is 13.3. The van der Waals surface area contributed by atoms with Gasteiger partial charge in [0.1, 0.15) is 17.3 Å². The van der Waals surface area contributed by atoms with Crippen molar-refractivity contribution in [3.8, 4) is 11.5 Å². The van der Waals surface area contributed by atoms with Crippen LogP contribution in [0.25, 0.3) is 5.76 Å². The number of aliphatic hydroxyl groups excluding tert-OH is 1. The van der Waals surface area contributed by atoms with E-state index in [9.17, 15) is 14.7 Å². The van der Waals surface area contributed by atoms with Crippen LogP contribution in [0.4, 0.5) is 0 Å². The van der Waals surface area contributed by atoms with E-state index in [-0.39, 0.29) is 17.4 Å². The fourth-order valence-corrected chi connectivity index (χ4v) is 4.81. The molecule has 1 heterocycles. The Morgan fingerprint density at radius 2 is 1.72 bits per heavy atom. The Bertz CT molecular complexity index is 1020. The zero-order valence-corrected chi connectivity index (χ0v) is 18.5. The van der Waals surface area contributed by atoms with Crippen LogP contribution in [-0.4, -0.2) is 41.5 Å². The zero-order chi connectivity index (χ0) is 22.7. The van der Waals surface area contributed by atoms with Crippen LogP contribution in [0.1, 0.15) is 56.2 Å². The summed E-state index contributed by atoms with van der Waals surface area (Å²) in [6.45, 7) is 2.47. The van der Waals surface area contributed by atoms with E-state index in [4.69, 9.17) is 9.47 Å². The van der Waals surface area contributed by atoms with E-state index in [2.05, 4.69) is 0 Å². The van der Waals surface area contributed by atoms with Crippen LogP contribution in [0.2, 0.25) is 0 Å². The molecule has 1 unspecified atom stereocenters. The van der Waals surface area contributed by atoms with Gasteiger partial charge in [-0.25, -0.2) is 0 Å². The molecule has 0 aromatic heterocycles. The van der Waals surface area contributed by atoms with Crippen molar-refractivity contribution in [3.05, 3.63) is 65.2 Å². The Morgan fingerprint density at radius 1 is 1.03 bits per heavy atom. The Labute approximate surface area is 188 Å². The molecule has 1 N–H and O–H groups in total. The van der Waals surface area contributed by atoms with Crippen molar-refractivity contribution in [1.29, 1.82) is 0 Å². The van der Waals surface area contributed by atoms with Gasteiger partial charge in [-0.2, -0.15) is 0 Å². The number of aliphatic hydroxyl groups is 1. The number of hydrogen-bond donors (Lipinski definition) is 1. The standard InChI is InChI=1S/C26H29NO5/c1-3-32-19-15-13-17(14-16-19)23-22(24(28)20-11-7-8-12-21(20)31-2)25(29)26(30)27(23)18-9-5-4-6-10-18/h7-8,11-16,18,23,28H,3-6,9-10H2,1-2H3/b24-22-. The third kappa shape index (κ3) is 3.97. The minimum Gasteiger partial charge on any atom is -0.507 e. The lowest BCUT2D eigenvalue weighted by Gasteiger charge is -2.35. The number of Topliss-reactive ketones (excluding diaryl/α,β-unsaturated/α-hetero) is 1. The first-order chi connectivity index (χ1) is 15.6. The molecule has 1 saturated heterocycles. The normalized spacial score (nSPS) is 21.1. The molecule has 0 bridgehead atoms. The topological polar surface area (TPSA) is 76.1 Å². The highest BCUT2D eigenvalue weighted by Gasteiger charge is 2.49. The summed E-state index contributed by atoms with van der Waals surface area (Å²) in [5, 5.41) is 11.3. The minimum absolute atomic E-state index is 0.0280. The van der Waals surface area contributed by atoms with Gasteiger partial charge in [0.25, 0.3) is 11.7 Å². The molecule has 168 valence electrons. The van der Waals surface area contributed by atoms with Gasteiger partial charge in [0, 0.05) is 6.04 Å². The average Bonchev–Trinajstić information content (AvgIpc) is 3.10. The van der Waals surface area contributed by atoms with E-state index < -0.39 is 17.7 Å². The molecule has 0 spiro atoms. The van der Waals surface area contributed by atoms with Crippen molar-refractivity contribution >= 4 is 17.4 Å². The van der Waals surface area contributed by atoms with E-state index in [1.54, 1.807) is 29.2 Å². The van der Waals surface area contributed by atoms with Gasteiger partial charge in [0.05, 0.1) is 30.9 Å². The van der Waals surface area contributed by atoms with Crippen LogP contribution >= 0.6 is 0 Å². The number of benzene rings is 2. The first-order valence-corrected chi connectivity index (χ1v) is 11.2. The van der Waals surface area contributed by atoms with Crippen molar-refractivity contribution in [2.75, 3.05) is 13.7 Å². The van der Waals surface area contributed by atoms with Crippen molar-refractivity contribution in [1.82, 2.24) is 4.90 Å². The summed E-state index contributed by atoms with van der Waals surface area (Å²) in [7, 11) is 1.51. The van der Waals surface area contributed by atoms with E-state index in [0.29, 0.717) is 17.9 Å². The number of methoxy groups -OCH3 is 1.